The number of Topliss-reactive ketones (excluding diaryl/α,β-unsaturated/α-hetero) is 1. The van der Waals surface area contributed by atoms with E-state index in [0.29, 0.717) is 5.69 Å². The molecule has 0 aromatic carbocycles. The Bertz CT molecular complexity index is 762. The van der Waals surface area contributed by atoms with Gasteiger partial charge in [-0.1, -0.05) is 24.1 Å². The zero-order chi connectivity index (χ0) is 17.7. The smallest absolute Gasteiger partial charge is 0.221 e. The van der Waals surface area contributed by atoms with Gasteiger partial charge < -0.3 is 14.6 Å². The summed E-state index contributed by atoms with van der Waals surface area (Å²) in [6.45, 7) is 2.08. The molecular formula is C18H22N4OS. The summed E-state index contributed by atoms with van der Waals surface area (Å²) in [5.74, 6) is -0.273. The monoisotopic (exact) mass is 342 g/mol. The number of hydrogen-bond donors (Lipinski definition) is 2. The van der Waals surface area contributed by atoms with E-state index in [1.807, 2.05) is 18.4 Å². The minimum Gasteiger partial charge on any atom is -0.382 e. The Kier molecular flexibility index (Phi) is 5.93. The number of hydrogen-bond acceptors (Lipinski definition) is 5. The van der Waals surface area contributed by atoms with Crippen molar-refractivity contribution >= 4 is 17.7 Å². The highest BCUT2D eigenvalue weighted by molar-refractivity contribution is 7.96. The van der Waals surface area contributed by atoms with Gasteiger partial charge in [-0.05, 0) is 30.5 Å². The highest BCUT2D eigenvalue weighted by Crippen LogP contribution is 2.21. The van der Waals surface area contributed by atoms with Crippen molar-refractivity contribution in [3.63, 3.8) is 0 Å². The Morgan fingerprint density at radius 1 is 1.42 bits per heavy atom. The molecule has 1 aliphatic carbocycles. The van der Waals surface area contributed by atoms with Crippen molar-refractivity contribution in [3.8, 4) is 6.07 Å². The van der Waals surface area contributed by atoms with Gasteiger partial charge >= 0.3 is 0 Å². The summed E-state index contributed by atoms with van der Waals surface area (Å²) >= 11 is 1.56. The fourth-order valence-corrected chi connectivity index (χ4v) is 3.00. The third kappa shape index (κ3) is 4.12. The van der Waals surface area contributed by atoms with Gasteiger partial charge in [-0.2, -0.15) is 5.26 Å². The molecule has 0 bridgehead atoms. The highest BCUT2D eigenvalue weighted by Gasteiger charge is 2.18. The lowest BCUT2D eigenvalue weighted by atomic mass is 10.0. The van der Waals surface area contributed by atoms with E-state index in [4.69, 9.17) is 0 Å². The Morgan fingerprint density at radius 3 is 2.79 bits per heavy atom. The molecule has 0 aliphatic heterocycles. The van der Waals surface area contributed by atoms with Crippen molar-refractivity contribution in [1.82, 2.24) is 14.6 Å². The van der Waals surface area contributed by atoms with E-state index >= 15 is 0 Å². The van der Waals surface area contributed by atoms with Crippen LogP contribution in [0.4, 0.5) is 0 Å². The lowest BCUT2D eigenvalue weighted by molar-refractivity contribution is 0.103. The summed E-state index contributed by atoms with van der Waals surface area (Å²) < 4.78 is 3.28. The largest absolute Gasteiger partial charge is 0.382 e. The van der Waals surface area contributed by atoms with Crippen LogP contribution in [0.3, 0.4) is 0 Å². The number of H-pyrrole nitrogens is 1. The quantitative estimate of drug-likeness (QED) is 0.372. The second-order valence-electron chi connectivity index (χ2n) is 5.85. The summed E-state index contributed by atoms with van der Waals surface area (Å²) in [7, 11) is 3.58. The van der Waals surface area contributed by atoms with Gasteiger partial charge in [0.15, 0.2) is 0 Å². The van der Waals surface area contributed by atoms with Gasteiger partial charge in [0.05, 0.1) is 5.69 Å². The van der Waals surface area contributed by atoms with Crippen LogP contribution in [0.1, 0.15) is 28.7 Å². The number of nitrogens with zero attached hydrogens (tertiary/aromatic N) is 2. The van der Waals surface area contributed by atoms with Gasteiger partial charge in [0.25, 0.3) is 0 Å². The van der Waals surface area contributed by atoms with E-state index in [-0.39, 0.29) is 11.4 Å². The summed E-state index contributed by atoms with van der Waals surface area (Å²) in [5.41, 5.74) is 5.00. The minimum atomic E-state index is -0.273. The van der Waals surface area contributed by atoms with Crippen LogP contribution in [0.5, 0.6) is 0 Å². The summed E-state index contributed by atoms with van der Waals surface area (Å²) in [6, 6.07) is 3.85. The number of carbonyl (C=O) groups is 1. The van der Waals surface area contributed by atoms with E-state index in [1.54, 1.807) is 37.1 Å². The molecule has 6 heteroatoms. The van der Waals surface area contributed by atoms with Crippen LogP contribution in [-0.4, -0.2) is 36.0 Å². The van der Waals surface area contributed by atoms with E-state index in [9.17, 15) is 10.1 Å². The molecule has 0 amide bonds. The Labute approximate surface area is 147 Å². The van der Waals surface area contributed by atoms with Gasteiger partial charge in [0.1, 0.15) is 11.6 Å². The average Bonchev–Trinajstić information content (AvgIpc) is 2.94. The summed E-state index contributed by atoms with van der Waals surface area (Å²) in [4.78, 5) is 17.4. The number of nitrogens with one attached hydrogen (secondary N) is 2. The molecule has 0 saturated carbocycles. The molecule has 1 aliphatic rings. The minimum absolute atomic E-state index is 0.126. The molecule has 5 nitrogen and oxygen atoms in total. The molecule has 1 aromatic heterocycles. The maximum absolute atomic E-state index is 12.5. The van der Waals surface area contributed by atoms with Crippen molar-refractivity contribution in [2.24, 2.45) is 0 Å². The number of carbonyl (C=O) groups excluding carboxylic acids is 1. The van der Waals surface area contributed by atoms with Gasteiger partial charge in [0.2, 0.25) is 5.78 Å². The molecule has 1 heterocycles. The van der Waals surface area contributed by atoms with Crippen molar-refractivity contribution in [2.45, 2.75) is 19.8 Å². The van der Waals surface area contributed by atoms with Crippen LogP contribution >= 0.6 is 11.9 Å². The fourth-order valence-electron chi connectivity index (χ4n) is 2.54. The first-order chi connectivity index (χ1) is 11.5. The second-order valence-corrected chi connectivity index (χ2v) is 6.47. The zero-order valence-electron chi connectivity index (χ0n) is 14.4. The second kappa shape index (κ2) is 7.93. The van der Waals surface area contributed by atoms with Crippen LogP contribution in [-0.2, 0) is 12.8 Å². The third-order valence-electron chi connectivity index (χ3n) is 3.76. The zero-order valence-corrected chi connectivity index (χ0v) is 15.3. The third-order valence-corrected chi connectivity index (χ3v) is 4.19. The van der Waals surface area contributed by atoms with Crippen LogP contribution in [0.15, 0.2) is 41.3 Å². The van der Waals surface area contributed by atoms with Gasteiger partial charge in [0, 0.05) is 44.4 Å². The fraction of sp³-hybridized carbons (Fsp3) is 0.333. The molecule has 0 radical (unpaired) electrons. The number of aromatic nitrogens is 1. The molecular weight excluding hydrogens is 320 g/mol. The van der Waals surface area contributed by atoms with E-state index in [0.717, 1.165) is 29.8 Å². The number of aromatic amines is 1. The maximum Gasteiger partial charge on any atom is 0.221 e. The first-order valence-corrected chi connectivity index (χ1v) is 8.88. The van der Waals surface area contributed by atoms with E-state index in [2.05, 4.69) is 28.8 Å². The Hall–Kier alpha value is -2.39. The van der Waals surface area contributed by atoms with Gasteiger partial charge in [-0.25, -0.2) is 0 Å². The standard InChI is InChI=1S/C18H22N4OS/c1-12-5-6-13-9-17(18(23)14(10-19)11-22(2)3)20-16(13)8-7-15(12)21-24-4/h5,7,9,11,20-21H,6,8H2,1-4H3/b12-5?,14-11+,15-7+. The Balaban J connectivity index is 2.33. The number of allylic oxidation sites excluding steroid dienone is 4. The van der Waals surface area contributed by atoms with Crippen LogP contribution in [0, 0.1) is 11.3 Å². The van der Waals surface area contributed by atoms with Crippen molar-refractivity contribution in [3.05, 3.63) is 58.2 Å². The van der Waals surface area contributed by atoms with Crippen LogP contribution < -0.4 is 4.72 Å². The van der Waals surface area contributed by atoms with Crippen molar-refractivity contribution in [2.75, 3.05) is 20.4 Å². The van der Waals surface area contributed by atoms with E-state index in [1.165, 1.54) is 5.57 Å². The first-order valence-electron chi connectivity index (χ1n) is 7.66. The SMILES string of the molecule is CSN/C1=C/Cc2[nH]c(C(=O)/C(C#N)=C/N(C)C)cc2CC=C1C. The topological polar surface area (TPSA) is 71.9 Å². The van der Waals surface area contributed by atoms with Crippen molar-refractivity contribution < 1.29 is 4.79 Å². The molecule has 0 unspecified atom stereocenters. The van der Waals surface area contributed by atoms with E-state index < -0.39 is 0 Å². The molecule has 0 spiro atoms. The molecule has 0 fully saturated rings. The normalized spacial score (nSPS) is 16.7. The molecule has 1 aromatic rings. The van der Waals surface area contributed by atoms with Crippen LogP contribution in [0.25, 0.3) is 0 Å². The lowest BCUT2D eigenvalue weighted by Crippen LogP contribution is -2.09. The molecule has 2 N–H and O–H groups in total. The Morgan fingerprint density at radius 2 is 2.17 bits per heavy atom. The predicted molar refractivity (Wildman–Crippen MR) is 98.4 cm³/mol. The molecule has 0 saturated heterocycles. The number of rotatable bonds is 5. The number of nitriles is 1. The van der Waals surface area contributed by atoms with Gasteiger partial charge in [-0.15, -0.1) is 0 Å². The molecule has 2 rings (SSSR count). The highest BCUT2D eigenvalue weighted by atomic mass is 32.2. The molecule has 0 atom stereocenters. The first kappa shape index (κ1) is 18.0. The van der Waals surface area contributed by atoms with Crippen molar-refractivity contribution in [1.29, 1.82) is 5.26 Å². The maximum atomic E-state index is 12.5. The number of ketones is 1. The summed E-state index contributed by atoms with van der Waals surface area (Å²) in [5, 5.41) is 9.22. The number of fused-ring (bicyclic) bond motifs is 1. The molecule has 24 heavy (non-hydrogen) atoms. The summed E-state index contributed by atoms with van der Waals surface area (Å²) in [6.07, 6.45) is 9.28. The lowest BCUT2D eigenvalue weighted by Gasteiger charge is -2.12. The molecule has 126 valence electrons. The predicted octanol–water partition coefficient (Wildman–Crippen LogP) is 2.96. The van der Waals surface area contributed by atoms with Crippen LogP contribution in [0.2, 0.25) is 0 Å². The van der Waals surface area contributed by atoms with Gasteiger partial charge in [-0.3, -0.25) is 4.79 Å². The average molecular weight is 342 g/mol.